The van der Waals surface area contributed by atoms with E-state index in [-0.39, 0.29) is 5.91 Å². The van der Waals surface area contributed by atoms with Crippen molar-refractivity contribution in [1.82, 2.24) is 19.4 Å². The molecule has 1 aliphatic carbocycles. The predicted octanol–water partition coefficient (Wildman–Crippen LogP) is 2.07. The average molecular weight is 451 g/mol. The molecule has 1 aliphatic heterocycles. The van der Waals surface area contributed by atoms with E-state index in [1.54, 1.807) is 12.1 Å². The third-order valence-corrected chi connectivity index (χ3v) is 8.48. The molecule has 1 saturated heterocycles. The summed E-state index contributed by atoms with van der Waals surface area (Å²) in [6, 6.07) is 7.67. The Bertz CT molecular complexity index is 799. The summed E-state index contributed by atoms with van der Waals surface area (Å²) in [6.07, 6.45) is 7.60. The van der Waals surface area contributed by atoms with E-state index < -0.39 is 10.0 Å². The number of nitrogens with zero attached hydrogens (tertiary/aromatic N) is 3. The van der Waals surface area contributed by atoms with E-state index in [0.29, 0.717) is 50.2 Å². The summed E-state index contributed by atoms with van der Waals surface area (Å²) in [5.41, 5.74) is 1.04. The molecule has 174 valence electrons. The van der Waals surface area contributed by atoms with Crippen LogP contribution in [0.15, 0.2) is 29.2 Å². The lowest BCUT2D eigenvalue weighted by molar-refractivity contribution is -0.122. The van der Waals surface area contributed by atoms with Gasteiger partial charge in [0.25, 0.3) is 0 Å². The van der Waals surface area contributed by atoms with Crippen LogP contribution in [-0.2, 0) is 14.8 Å². The van der Waals surface area contributed by atoms with Crippen LogP contribution in [0, 0.1) is 6.92 Å². The molecule has 0 aromatic heterocycles. The second-order valence-electron chi connectivity index (χ2n) is 8.97. The number of benzene rings is 1. The van der Waals surface area contributed by atoms with Gasteiger partial charge in [0.05, 0.1) is 11.4 Å². The third-order valence-electron chi connectivity index (χ3n) is 6.57. The monoisotopic (exact) mass is 450 g/mol. The van der Waals surface area contributed by atoms with Crippen molar-refractivity contribution in [3.63, 3.8) is 0 Å². The fraction of sp³-hybridized carbons (Fsp3) is 0.696. The van der Waals surface area contributed by atoms with Crippen LogP contribution >= 0.6 is 0 Å². The van der Waals surface area contributed by atoms with Crippen LogP contribution in [0.4, 0.5) is 0 Å². The summed E-state index contributed by atoms with van der Waals surface area (Å²) in [4.78, 5) is 17.1. The Labute approximate surface area is 187 Å². The van der Waals surface area contributed by atoms with Gasteiger partial charge in [-0.3, -0.25) is 9.69 Å². The first kappa shape index (κ1) is 24.2. The molecule has 1 N–H and O–H groups in total. The molecule has 1 aromatic rings. The highest BCUT2D eigenvalue weighted by Crippen LogP contribution is 2.21. The second-order valence-corrected chi connectivity index (χ2v) is 10.9. The number of amides is 1. The van der Waals surface area contributed by atoms with Crippen LogP contribution in [0.5, 0.6) is 0 Å². The standard InChI is InChI=1S/C23H38N4O3S/c1-20-9-11-22(12-10-20)31(29,30)27-17-15-26(16-18-27)19-23(28)24-13-6-14-25(2)21-7-4-3-5-8-21/h9-12,21H,3-8,13-19H2,1-2H3,(H,24,28). The van der Waals surface area contributed by atoms with E-state index in [1.165, 1.54) is 36.4 Å². The number of rotatable bonds is 9. The number of piperazine rings is 1. The summed E-state index contributed by atoms with van der Waals surface area (Å²) in [5, 5.41) is 3.02. The topological polar surface area (TPSA) is 73.0 Å². The predicted molar refractivity (Wildman–Crippen MR) is 124 cm³/mol. The van der Waals surface area contributed by atoms with E-state index in [0.717, 1.165) is 18.5 Å². The largest absolute Gasteiger partial charge is 0.355 e. The lowest BCUT2D eigenvalue weighted by Gasteiger charge is -2.33. The molecule has 2 fully saturated rings. The Hall–Kier alpha value is -1.48. The first-order valence-electron chi connectivity index (χ1n) is 11.6. The normalized spacial score (nSPS) is 19.6. The van der Waals surface area contributed by atoms with E-state index in [4.69, 9.17) is 0 Å². The van der Waals surface area contributed by atoms with Crippen LogP contribution in [-0.4, -0.2) is 87.3 Å². The summed E-state index contributed by atoms with van der Waals surface area (Å²) in [5.74, 6) is 0.0233. The Balaban J connectivity index is 1.33. The molecule has 1 aromatic carbocycles. The lowest BCUT2D eigenvalue weighted by Crippen LogP contribution is -2.51. The molecular weight excluding hydrogens is 412 g/mol. The molecule has 8 heteroatoms. The van der Waals surface area contributed by atoms with Crippen molar-refractivity contribution < 1.29 is 13.2 Å². The molecular formula is C23H38N4O3S. The maximum Gasteiger partial charge on any atom is 0.243 e. The quantitative estimate of drug-likeness (QED) is 0.583. The molecule has 1 amide bonds. The van der Waals surface area contributed by atoms with Crippen LogP contribution in [0.3, 0.4) is 0 Å². The highest BCUT2D eigenvalue weighted by atomic mass is 32.2. The van der Waals surface area contributed by atoms with Gasteiger partial charge in [0, 0.05) is 38.8 Å². The van der Waals surface area contributed by atoms with Crippen molar-refractivity contribution in [2.75, 3.05) is 52.9 Å². The van der Waals surface area contributed by atoms with E-state index in [2.05, 4.69) is 17.3 Å². The zero-order chi connectivity index (χ0) is 22.3. The molecule has 1 saturated carbocycles. The van der Waals surface area contributed by atoms with Gasteiger partial charge >= 0.3 is 0 Å². The maximum atomic E-state index is 12.8. The van der Waals surface area contributed by atoms with Gasteiger partial charge in [-0.1, -0.05) is 37.0 Å². The minimum atomic E-state index is -3.46. The van der Waals surface area contributed by atoms with Crippen LogP contribution in [0.1, 0.15) is 44.1 Å². The van der Waals surface area contributed by atoms with Crippen molar-refractivity contribution in [2.45, 2.75) is 56.4 Å². The molecule has 2 aliphatic rings. The van der Waals surface area contributed by atoms with Gasteiger partial charge < -0.3 is 10.2 Å². The Morgan fingerprint density at radius 1 is 1.06 bits per heavy atom. The first-order chi connectivity index (χ1) is 14.9. The van der Waals surface area contributed by atoms with Crippen molar-refractivity contribution >= 4 is 15.9 Å². The molecule has 0 unspecified atom stereocenters. The Morgan fingerprint density at radius 2 is 1.71 bits per heavy atom. The number of sulfonamides is 1. The van der Waals surface area contributed by atoms with Crippen LogP contribution in [0.25, 0.3) is 0 Å². The highest BCUT2D eigenvalue weighted by molar-refractivity contribution is 7.89. The van der Waals surface area contributed by atoms with Gasteiger partial charge in [0.2, 0.25) is 15.9 Å². The van der Waals surface area contributed by atoms with Crippen molar-refractivity contribution in [3.8, 4) is 0 Å². The smallest absolute Gasteiger partial charge is 0.243 e. The van der Waals surface area contributed by atoms with Gasteiger partial charge in [-0.2, -0.15) is 4.31 Å². The van der Waals surface area contributed by atoms with Crippen LogP contribution in [0.2, 0.25) is 0 Å². The van der Waals surface area contributed by atoms with Gasteiger partial charge in [-0.15, -0.1) is 0 Å². The third kappa shape index (κ3) is 7.00. The number of hydrogen-bond acceptors (Lipinski definition) is 5. The SMILES string of the molecule is Cc1ccc(S(=O)(=O)N2CCN(CC(=O)NCCCN(C)C3CCCCC3)CC2)cc1. The summed E-state index contributed by atoms with van der Waals surface area (Å²) in [7, 11) is -1.27. The molecule has 31 heavy (non-hydrogen) atoms. The molecule has 1 heterocycles. The maximum absolute atomic E-state index is 12.8. The molecule has 7 nitrogen and oxygen atoms in total. The summed E-state index contributed by atoms with van der Waals surface area (Å²) < 4.78 is 27.1. The molecule has 0 radical (unpaired) electrons. The fourth-order valence-corrected chi connectivity index (χ4v) is 5.93. The van der Waals surface area contributed by atoms with Gasteiger partial charge in [0.15, 0.2) is 0 Å². The van der Waals surface area contributed by atoms with Crippen LogP contribution < -0.4 is 5.32 Å². The van der Waals surface area contributed by atoms with Gasteiger partial charge in [-0.05, 0) is 51.9 Å². The average Bonchev–Trinajstić information content (AvgIpc) is 2.78. The minimum absolute atomic E-state index is 0.0233. The van der Waals surface area contributed by atoms with Crippen molar-refractivity contribution in [1.29, 1.82) is 0 Å². The van der Waals surface area contributed by atoms with Gasteiger partial charge in [0.1, 0.15) is 0 Å². The highest BCUT2D eigenvalue weighted by Gasteiger charge is 2.29. The molecule has 0 bridgehead atoms. The van der Waals surface area contributed by atoms with E-state index >= 15 is 0 Å². The molecule has 0 spiro atoms. The van der Waals surface area contributed by atoms with E-state index in [1.807, 2.05) is 24.0 Å². The van der Waals surface area contributed by atoms with Crippen molar-refractivity contribution in [2.24, 2.45) is 0 Å². The number of aryl methyl sites for hydroxylation is 1. The number of nitrogens with one attached hydrogen (secondary N) is 1. The zero-order valence-electron chi connectivity index (χ0n) is 19.1. The van der Waals surface area contributed by atoms with Gasteiger partial charge in [-0.25, -0.2) is 8.42 Å². The number of carbonyl (C=O) groups is 1. The minimum Gasteiger partial charge on any atom is -0.355 e. The summed E-state index contributed by atoms with van der Waals surface area (Å²) >= 11 is 0. The first-order valence-corrected chi connectivity index (χ1v) is 13.1. The van der Waals surface area contributed by atoms with Crippen molar-refractivity contribution in [3.05, 3.63) is 29.8 Å². The Kier molecular flexibility index (Phi) is 8.89. The molecule has 3 rings (SSSR count). The number of carbonyl (C=O) groups excluding carboxylic acids is 1. The number of hydrogen-bond donors (Lipinski definition) is 1. The zero-order valence-corrected chi connectivity index (χ0v) is 19.9. The lowest BCUT2D eigenvalue weighted by atomic mass is 9.94. The fourth-order valence-electron chi connectivity index (χ4n) is 4.51. The molecule has 0 atom stereocenters. The van der Waals surface area contributed by atoms with E-state index in [9.17, 15) is 13.2 Å². The summed E-state index contributed by atoms with van der Waals surface area (Å²) in [6.45, 7) is 5.95. The second kappa shape index (κ2) is 11.4. The Morgan fingerprint density at radius 3 is 2.35 bits per heavy atom.